The van der Waals surface area contributed by atoms with E-state index in [-0.39, 0.29) is 5.69 Å². The summed E-state index contributed by atoms with van der Waals surface area (Å²) in [4.78, 5) is 12.1. The maximum absolute atomic E-state index is 12.3. The van der Waals surface area contributed by atoms with Crippen molar-refractivity contribution in [2.24, 2.45) is 0 Å². The van der Waals surface area contributed by atoms with Gasteiger partial charge >= 0.3 is 21.5 Å². The van der Waals surface area contributed by atoms with Crippen LogP contribution >= 0.6 is 0 Å². The molecule has 0 fully saturated rings. The molecule has 0 N–H and O–H groups in total. The Balaban J connectivity index is 3.23. The van der Waals surface area contributed by atoms with Crippen LogP contribution in [-0.2, 0) is 14.9 Å². The van der Waals surface area contributed by atoms with Crippen molar-refractivity contribution in [1.29, 1.82) is 0 Å². The van der Waals surface area contributed by atoms with Crippen LogP contribution in [0.25, 0.3) is 0 Å². The second-order valence-electron chi connectivity index (χ2n) is 3.46. The molecule has 0 saturated carbocycles. The Morgan fingerprint density at radius 1 is 1.35 bits per heavy atom. The van der Waals surface area contributed by atoms with Crippen LogP contribution in [0.15, 0.2) is 24.3 Å². The lowest BCUT2D eigenvalue weighted by molar-refractivity contribution is -0.113. The lowest BCUT2D eigenvalue weighted by Gasteiger charge is -2.18. The van der Waals surface area contributed by atoms with Gasteiger partial charge in [-0.1, -0.05) is 12.1 Å². The summed E-state index contributed by atoms with van der Waals surface area (Å²) in [5, 5.41) is 0. The third-order valence-corrected chi connectivity index (χ3v) is 3.10. The van der Waals surface area contributed by atoms with Gasteiger partial charge in [0.25, 0.3) is 0 Å². The summed E-state index contributed by atoms with van der Waals surface area (Å²) in [6, 6.07) is 4.79. The van der Waals surface area contributed by atoms with E-state index in [1.807, 2.05) is 0 Å². The minimum absolute atomic E-state index is 0.205. The van der Waals surface area contributed by atoms with Crippen molar-refractivity contribution in [2.45, 2.75) is 5.51 Å². The van der Waals surface area contributed by atoms with Gasteiger partial charge in [-0.2, -0.15) is 21.6 Å². The molecule has 1 amide bonds. The third kappa shape index (κ3) is 3.21. The summed E-state index contributed by atoms with van der Waals surface area (Å²) in [6.07, 6.45) is 4.88. The van der Waals surface area contributed by atoms with Gasteiger partial charge in [0.1, 0.15) is 0 Å². The molecule has 9 heteroatoms. The van der Waals surface area contributed by atoms with E-state index >= 15 is 0 Å². The first kappa shape index (κ1) is 15.8. The number of benzene rings is 1. The molecule has 0 saturated heterocycles. The number of anilines is 1. The SMILES string of the molecule is C#CC(=O)N(C)c1ccccc1OS(=O)(=O)C(F)(F)F. The first-order valence-corrected chi connectivity index (χ1v) is 6.35. The summed E-state index contributed by atoms with van der Waals surface area (Å²) in [5.74, 6) is 0.217. The maximum Gasteiger partial charge on any atom is 0.534 e. The van der Waals surface area contributed by atoms with Crippen molar-refractivity contribution in [3.8, 4) is 18.1 Å². The first-order chi connectivity index (χ1) is 9.10. The standard InChI is InChI=1S/C11H8F3NO4S/c1-3-10(16)15(2)8-6-4-5-7-9(8)19-20(17,18)11(12,13)14/h1,4-7H,2H3. The van der Waals surface area contributed by atoms with Crippen LogP contribution < -0.4 is 9.08 Å². The van der Waals surface area contributed by atoms with Crippen molar-refractivity contribution in [3.05, 3.63) is 24.3 Å². The Morgan fingerprint density at radius 2 is 1.90 bits per heavy atom. The van der Waals surface area contributed by atoms with Gasteiger partial charge in [-0.15, -0.1) is 6.42 Å². The highest BCUT2D eigenvalue weighted by Gasteiger charge is 2.48. The molecule has 1 aromatic rings. The quantitative estimate of drug-likeness (QED) is 0.482. The van der Waals surface area contributed by atoms with E-state index < -0.39 is 27.3 Å². The van der Waals surface area contributed by atoms with Crippen LogP contribution in [0.4, 0.5) is 18.9 Å². The zero-order chi connectivity index (χ0) is 15.6. The molecule has 0 radical (unpaired) electrons. The molecule has 0 atom stereocenters. The van der Waals surface area contributed by atoms with E-state index in [9.17, 15) is 26.4 Å². The Bertz CT molecular complexity index is 661. The molecule has 0 unspecified atom stereocenters. The molecular formula is C11H8F3NO4S. The molecule has 0 bridgehead atoms. The van der Waals surface area contributed by atoms with Crippen molar-refractivity contribution < 1.29 is 30.6 Å². The van der Waals surface area contributed by atoms with E-state index in [0.717, 1.165) is 11.0 Å². The third-order valence-electron chi connectivity index (χ3n) is 2.14. The molecule has 5 nitrogen and oxygen atoms in total. The highest BCUT2D eigenvalue weighted by molar-refractivity contribution is 7.88. The molecule has 20 heavy (non-hydrogen) atoms. The summed E-state index contributed by atoms with van der Waals surface area (Å²) in [7, 11) is -4.66. The van der Waals surface area contributed by atoms with E-state index in [2.05, 4.69) is 4.18 Å². The monoisotopic (exact) mass is 307 g/mol. The Morgan fingerprint density at radius 3 is 2.40 bits per heavy atom. The summed E-state index contributed by atoms with van der Waals surface area (Å²) >= 11 is 0. The molecule has 108 valence electrons. The number of amides is 1. The predicted octanol–water partition coefficient (Wildman–Crippen LogP) is 1.51. The van der Waals surface area contributed by atoms with Gasteiger partial charge in [0.2, 0.25) is 0 Å². The number of hydrogen-bond donors (Lipinski definition) is 0. The topological polar surface area (TPSA) is 63.7 Å². The molecule has 0 aromatic heterocycles. The molecule has 0 spiro atoms. The Labute approximate surface area is 113 Å². The van der Waals surface area contributed by atoms with Crippen LogP contribution in [0, 0.1) is 12.3 Å². The van der Waals surface area contributed by atoms with Crippen molar-refractivity contribution in [3.63, 3.8) is 0 Å². The van der Waals surface area contributed by atoms with Gasteiger partial charge in [-0.3, -0.25) is 4.79 Å². The lowest BCUT2D eigenvalue weighted by Crippen LogP contribution is -2.30. The Kier molecular flexibility index (Phi) is 4.29. The molecule has 0 heterocycles. The lowest BCUT2D eigenvalue weighted by atomic mass is 10.2. The van der Waals surface area contributed by atoms with Gasteiger partial charge in [-0.05, 0) is 18.1 Å². The number of hydrogen-bond acceptors (Lipinski definition) is 4. The minimum Gasteiger partial charge on any atom is -0.374 e. The van der Waals surface area contributed by atoms with Crippen LogP contribution in [0.3, 0.4) is 0 Å². The second kappa shape index (κ2) is 5.42. The van der Waals surface area contributed by atoms with Gasteiger partial charge in [0.15, 0.2) is 5.75 Å². The smallest absolute Gasteiger partial charge is 0.374 e. The zero-order valence-electron chi connectivity index (χ0n) is 10.0. The zero-order valence-corrected chi connectivity index (χ0v) is 10.8. The predicted molar refractivity (Wildman–Crippen MR) is 64.3 cm³/mol. The van der Waals surface area contributed by atoms with E-state index in [1.165, 1.54) is 25.2 Å². The fraction of sp³-hybridized carbons (Fsp3) is 0.182. The fourth-order valence-corrected chi connectivity index (χ4v) is 1.65. The number of carbonyl (C=O) groups excluding carboxylic acids is 1. The summed E-state index contributed by atoms with van der Waals surface area (Å²) in [5.41, 5.74) is -5.78. The van der Waals surface area contributed by atoms with Gasteiger partial charge in [0.05, 0.1) is 5.69 Å². The van der Waals surface area contributed by atoms with Crippen LogP contribution in [0.5, 0.6) is 5.75 Å². The van der Waals surface area contributed by atoms with E-state index in [1.54, 1.807) is 5.92 Å². The Hall–Kier alpha value is -2.21. The summed E-state index contributed by atoms with van der Waals surface area (Å²) < 4.78 is 62.6. The largest absolute Gasteiger partial charge is 0.534 e. The van der Waals surface area contributed by atoms with Crippen LogP contribution in [0.1, 0.15) is 0 Å². The highest BCUT2D eigenvalue weighted by atomic mass is 32.2. The number of nitrogens with zero attached hydrogens (tertiary/aromatic N) is 1. The normalized spacial score (nSPS) is 11.6. The van der Waals surface area contributed by atoms with Gasteiger partial charge in [0, 0.05) is 7.05 Å². The van der Waals surface area contributed by atoms with Crippen molar-refractivity contribution in [1.82, 2.24) is 0 Å². The molecule has 1 aromatic carbocycles. The number of halogens is 3. The maximum atomic E-state index is 12.3. The fourth-order valence-electron chi connectivity index (χ4n) is 1.18. The molecule has 0 aliphatic heterocycles. The number of terminal acetylenes is 1. The van der Waals surface area contributed by atoms with Crippen molar-refractivity contribution >= 4 is 21.7 Å². The average Bonchev–Trinajstić information content (AvgIpc) is 2.36. The average molecular weight is 307 g/mol. The number of para-hydroxylation sites is 2. The summed E-state index contributed by atoms with van der Waals surface area (Å²) in [6.45, 7) is 0. The highest BCUT2D eigenvalue weighted by Crippen LogP contribution is 2.32. The van der Waals surface area contributed by atoms with Crippen LogP contribution in [-0.4, -0.2) is 26.9 Å². The minimum atomic E-state index is -5.83. The first-order valence-electron chi connectivity index (χ1n) is 4.94. The molecule has 0 aliphatic carbocycles. The number of rotatable bonds is 3. The van der Waals surface area contributed by atoms with E-state index in [0.29, 0.717) is 0 Å². The van der Waals surface area contributed by atoms with E-state index in [4.69, 9.17) is 6.42 Å². The number of alkyl halides is 3. The van der Waals surface area contributed by atoms with Crippen molar-refractivity contribution in [2.75, 3.05) is 11.9 Å². The van der Waals surface area contributed by atoms with Gasteiger partial charge in [-0.25, -0.2) is 0 Å². The second-order valence-corrected chi connectivity index (χ2v) is 5.00. The number of carbonyl (C=O) groups is 1. The van der Waals surface area contributed by atoms with Gasteiger partial charge < -0.3 is 9.08 Å². The molecule has 0 aliphatic rings. The van der Waals surface area contributed by atoms with Crippen LogP contribution in [0.2, 0.25) is 0 Å². The molecular weight excluding hydrogens is 299 g/mol. The molecule has 1 rings (SSSR count).